The van der Waals surface area contributed by atoms with Crippen LogP contribution in [0.4, 0.5) is 0 Å². The van der Waals surface area contributed by atoms with Crippen molar-refractivity contribution in [2.75, 3.05) is 6.61 Å². The van der Waals surface area contributed by atoms with Crippen LogP contribution in [0.3, 0.4) is 0 Å². The lowest BCUT2D eigenvalue weighted by Crippen LogP contribution is -2.18. The maximum Gasteiger partial charge on any atom is 0.123 e. The van der Waals surface area contributed by atoms with Crippen LogP contribution in [0, 0.1) is 0 Å². The molecule has 104 valence electrons. The highest BCUT2D eigenvalue weighted by molar-refractivity contribution is 7.85. The minimum absolute atomic E-state index is 0.0985. The zero-order valence-electron chi connectivity index (χ0n) is 10.5. The Morgan fingerprint density at radius 1 is 1.05 bits per heavy atom. The maximum atomic E-state index is 12.8. The van der Waals surface area contributed by atoms with Gasteiger partial charge < -0.3 is 4.74 Å². The standard InChI is InChI=1S/C15H12Cl2O2S/c16-10-1-4-12(5-2-10)20(18)15-7-8-19-14-6-3-11(17)9-13(14)15/h1-6,9,15H,7-8H2. The number of benzene rings is 2. The predicted molar refractivity (Wildman–Crippen MR) is 82.2 cm³/mol. The highest BCUT2D eigenvalue weighted by Gasteiger charge is 2.27. The lowest BCUT2D eigenvalue weighted by atomic mass is 10.1. The molecule has 0 N–H and O–H groups in total. The summed E-state index contributed by atoms with van der Waals surface area (Å²) in [5.74, 6) is 0.771. The first-order valence-corrected chi connectivity index (χ1v) is 8.20. The van der Waals surface area contributed by atoms with Crippen molar-refractivity contribution in [2.45, 2.75) is 16.6 Å². The van der Waals surface area contributed by atoms with Gasteiger partial charge in [-0.3, -0.25) is 4.21 Å². The molecule has 0 spiro atoms. The number of hydrogen-bond donors (Lipinski definition) is 0. The molecular formula is C15H12Cl2O2S. The number of halogens is 2. The molecule has 0 amide bonds. The summed E-state index contributed by atoms with van der Waals surface area (Å²) < 4.78 is 18.4. The predicted octanol–water partition coefficient (Wildman–Crippen LogP) is 4.62. The molecule has 2 aromatic carbocycles. The van der Waals surface area contributed by atoms with Gasteiger partial charge in [0.25, 0.3) is 0 Å². The molecule has 0 aromatic heterocycles. The van der Waals surface area contributed by atoms with Crippen molar-refractivity contribution >= 4 is 34.0 Å². The Morgan fingerprint density at radius 2 is 1.75 bits per heavy atom. The van der Waals surface area contributed by atoms with Crippen LogP contribution in [0.5, 0.6) is 5.75 Å². The van der Waals surface area contributed by atoms with E-state index in [0.717, 1.165) is 16.2 Å². The van der Waals surface area contributed by atoms with Crippen LogP contribution in [0.1, 0.15) is 17.2 Å². The van der Waals surface area contributed by atoms with E-state index in [4.69, 9.17) is 27.9 Å². The van der Waals surface area contributed by atoms with Crippen LogP contribution >= 0.6 is 23.2 Å². The molecule has 2 atom stereocenters. The summed E-state index contributed by atoms with van der Waals surface area (Å²) in [5, 5.41) is 1.17. The Kier molecular flexibility index (Phi) is 4.01. The van der Waals surface area contributed by atoms with Crippen LogP contribution < -0.4 is 4.74 Å². The van der Waals surface area contributed by atoms with Crippen molar-refractivity contribution in [3.8, 4) is 5.75 Å². The summed E-state index contributed by atoms with van der Waals surface area (Å²) in [4.78, 5) is 0.771. The van der Waals surface area contributed by atoms with E-state index in [9.17, 15) is 4.21 Å². The Balaban J connectivity index is 1.97. The second kappa shape index (κ2) is 5.76. The monoisotopic (exact) mass is 326 g/mol. The van der Waals surface area contributed by atoms with Crippen molar-refractivity contribution in [3.63, 3.8) is 0 Å². The summed E-state index contributed by atoms with van der Waals surface area (Å²) >= 11 is 11.9. The molecule has 0 aliphatic carbocycles. The maximum absolute atomic E-state index is 12.8. The van der Waals surface area contributed by atoms with Crippen LogP contribution in [0.25, 0.3) is 0 Å². The van der Waals surface area contributed by atoms with E-state index in [1.54, 1.807) is 30.3 Å². The Bertz CT molecular complexity index is 655. The van der Waals surface area contributed by atoms with E-state index in [2.05, 4.69) is 0 Å². The van der Waals surface area contributed by atoms with E-state index in [0.29, 0.717) is 23.1 Å². The smallest absolute Gasteiger partial charge is 0.123 e. The molecule has 1 aliphatic rings. The fourth-order valence-electron chi connectivity index (χ4n) is 2.29. The topological polar surface area (TPSA) is 26.3 Å². The fourth-order valence-corrected chi connectivity index (χ4v) is 4.05. The number of fused-ring (bicyclic) bond motifs is 1. The molecule has 3 rings (SSSR count). The minimum Gasteiger partial charge on any atom is -0.493 e. The van der Waals surface area contributed by atoms with Crippen molar-refractivity contribution in [1.82, 2.24) is 0 Å². The van der Waals surface area contributed by atoms with E-state index in [-0.39, 0.29) is 5.25 Å². The first kappa shape index (κ1) is 13.9. The summed E-state index contributed by atoms with van der Waals surface area (Å²) in [5.41, 5.74) is 0.914. The zero-order chi connectivity index (χ0) is 14.1. The lowest BCUT2D eigenvalue weighted by molar-refractivity contribution is 0.285. The average Bonchev–Trinajstić information content (AvgIpc) is 2.46. The molecule has 0 bridgehead atoms. The highest BCUT2D eigenvalue weighted by Crippen LogP contribution is 2.39. The number of rotatable bonds is 2. The molecule has 0 fully saturated rings. The van der Waals surface area contributed by atoms with Crippen LogP contribution in [0.15, 0.2) is 47.4 Å². The number of ether oxygens (including phenoxy) is 1. The first-order chi connectivity index (χ1) is 9.65. The van der Waals surface area contributed by atoms with Gasteiger partial charge in [0, 0.05) is 26.9 Å². The highest BCUT2D eigenvalue weighted by atomic mass is 35.5. The summed E-state index contributed by atoms with van der Waals surface area (Å²) in [7, 11) is -1.15. The molecular weight excluding hydrogens is 315 g/mol. The third kappa shape index (κ3) is 2.71. The fraction of sp³-hybridized carbons (Fsp3) is 0.200. The van der Waals surface area contributed by atoms with Gasteiger partial charge in [0.1, 0.15) is 5.75 Å². The van der Waals surface area contributed by atoms with Gasteiger partial charge >= 0.3 is 0 Å². The third-order valence-electron chi connectivity index (χ3n) is 3.26. The van der Waals surface area contributed by atoms with E-state index in [1.807, 2.05) is 12.1 Å². The van der Waals surface area contributed by atoms with E-state index < -0.39 is 10.8 Å². The van der Waals surface area contributed by atoms with Gasteiger partial charge in [0.2, 0.25) is 0 Å². The quantitative estimate of drug-likeness (QED) is 0.804. The second-order valence-corrected chi connectivity index (χ2v) is 7.07. The number of hydrogen-bond acceptors (Lipinski definition) is 2. The largest absolute Gasteiger partial charge is 0.493 e. The Labute approximate surface area is 130 Å². The van der Waals surface area contributed by atoms with Gasteiger partial charge in [0.05, 0.1) is 22.7 Å². The molecule has 2 unspecified atom stereocenters. The first-order valence-electron chi connectivity index (χ1n) is 6.23. The third-order valence-corrected chi connectivity index (χ3v) is 5.49. The zero-order valence-corrected chi connectivity index (χ0v) is 12.8. The molecule has 0 saturated carbocycles. The molecule has 1 aliphatic heterocycles. The van der Waals surface area contributed by atoms with Crippen molar-refractivity contribution in [3.05, 3.63) is 58.1 Å². The Morgan fingerprint density at radius 3 is 2.50 bits per heavy atom. The molecule has 0 saturated heterocycles. The molecule has 5 heteroatoms. The SMILES string of the molecule is O=S(c1ccc(Cl)cc1)C1CCOc2ccc(Cl)cc21. The average molecular weight is 327 g/mol. The van der Waals surface area contributed by atoms with Gasteiger partial charge in [-0.2, -0.15) is 0 Å². The van der Waals surface area contributed by atoms with Crippen molar-refractivity contribution in [2.24, 2.45) is 0 Å². The minimum atomic E-state index is -1.15. The van der Waals surface area contributed by atoms with Gasteiger partial charge in [-0.15, -0.1) is 0 Å². The second-order valence-electron chi connectivity index (χ2n) is 4.56. The summed E-state index contributed by atoms with van der Waals surface area (Å²) in [6.45, 7) is 0.568. The van der Waals surface area contributed by atoms with E-state index in [1.165, 1.54) is 0 Å². The van der Waals surface area contributed by atoms with Gasteiger partial charge in [0.15, 0.2) is 0 Å². The molecule has 0 radical (unpaired) electrons. The van der Waals surface area contributed by atoms with Crippen LogP contribution in [-0.2, 0) is 10.8 Å². The van der Waals surface area contributed by atoms with Crippen molar-refractivity contribution < 1.29 is 8.95 Å². The normalized spacial score (nSPS) is 19.0. The molecule has 2 aromatic rings. The van der Waals surface area contributed by atoms with Crippen molar-refractivity contribution in [1.29, 1.82) is 0 Å². The van der Waals surface area contributed by atoms with Crippen LogP contribution in [-0.4, -0.2) is 10.8 Å². The molecule has 2 nitrogen and oxygen atoms in total. The molecule has 20 heavy (non-hydrogen) atoms. The summed E-state index contributed by atoms with van der Waals surface area (Å²) in [6, 6.07) is 12.6. The lowest BCUT2D eigenvalue weighted by Gasteiger charge is -2.25. The van der Waals surface area contributed by atoms with Crippen LogP contribution in [0.2, 0.25) is 10.0 Å². The summed E-state index contributed by atoms with van der Waals surface area (Å²) in [6.07, 6.45) is 0.711. The van der Waals surface area contributed by atoms with Gasteiger partial charge in [-0.25, -0.2) is 0 Å². The Hall–Kier alpha value is -1.03. The van der Waals surface area contributed by atoms with Gasteiger partial charge in [-0.1, -0.05) is 23.2 Å². The van der Waals surface area contributed by atoms with E-state index >= 15 is 0 Å². The molecule has 1 heterocycles. The van der Waals surface area contributed by atoms with Gasteiger partial charge in [-0.05, 0) is 42.5 Å².